The van der Waals surface area contributed by atoms with Crippen LogP contribution in [0.5, 0.6) is 0 Å². The van der Waals surface area contributed by atoms with Crippen LogP contribution in [0.1, 0.15) is 35.7 Å². The smallest absolute Gasteiger partial charge is 0.252 e. The van der Waals surface area contributed by atoms with Gasteiger partial charge in [0.1, 0.15) is 0 Å². The Morgan fingerprint density at radius 2 is 2.04 bits per heavy atom. The van der Waals surface area contributed by atoms with Gasteiger partial charge in [-0.15, -0.1) is 10.2 Å². The van der Waals surface area contributed by atoms with Gasteiger partial charge in [-0.25, -0.2) is 0 Å². The monoisotopic (exact) mass is 328 g/mol. The number of rotatable bonds is 5. The zero-order valence-electron chi connectivity index (χ0n) is 13.6. The fourth-order valence-electron chi connectivity index (χ4n) is 2.60. The first-order valence-corrected chi connectivity index (χ1v) is 8.73. The number of thioether (sulfide) groups is 1. The van der Waals surface area contributed by atoms with E-state index in [1.165, 1.54) is 16.7 Å². The van der Waals surface area contributed by atoms with E-state index in [0.29, 0.717) is 5.78 Å². The minimum absolute atomic E-state index is 0.126. The Hall–Kier alpha value is -2.08. The van der Waals surface area contributed by atoms with Crippen LogP contribution in [0.25, 0.3) is 5.78 Å². The standard InChI is InChI=1S/C17H20N4OS/c1-4-5-14-9-15(22)18-16-19-20-17(21(14)16)23-10-13-8-11(2)6-7-12(13)3/h6-9H,4-5,10H2,1-3H3,(H,18,19,22). The highest BCUT2D eigenvalue weighted by atomic mass is 32.2. The van der Waals surface area contributed by atoms with E-state index >= 15 is 0 Å². The molecule has 0 fully saturated rings. The number of hydrogen-bond acceptors (Lipinski definition) is 4. The molecule has 2 heterocycles. The first-order valence-electron chi connectivity index (χ1n) is 7.74. The van der Waals surface area contributed by atoms with Crippen LogP contribution < -0.4 is 5.56 Å². The van der Waals surface area contributed by atoms with Crippen LogP contribution in [0.3, 0.4) is 0 Å². The van der Waals surface area contributed by atoms with Gasteiger partial charge in [-0.05, 0) is 31.4 Å². The summed E-state index contributed by atoms with van der Waals surface area (Å²) in [6.07, 6.45) is 1.80. The molecule has 0 saturated heterocycles. The van der Waals surface area contributed by atoms with Crippen LogP contribution >= 0.6 is 11.8 Å². The predicted octanol–water partition coefficient (Wildman–Crippen LogP) is 3.28. The number of aromatic nitrogens is 4. The summed E-state index contributed by atoms with van der Waals surface area (Å²) in [5, 5.41) is 9.18. The molecular weight excluding hydrogens is 308 g/mol. The minimum atomic E-state index is -0.126. The van der Waals surface area contributed by atoms with E-state index in [1.807, 2.05) is 4.40 Å². The highest BCUT2D eigenvalue weighted by Gasteiger charge is 2.12. The summed E-state index contributed by atoms with van der Waals surface area (Å²) in [5.74, 6) is 1.35. The van der Waals surface area contributed by atoms with Crippen LogP contribution in [0.2, 0.25) is 0 Å². The average molecular weight is 328 g/mol. The van der Waals surface area contributed by atoms with E-state index in [1.54, 1.807) is 17.8 Å². The summed E-state index contributed by atoms with van der Waals surface area (Å²) in [6.45, 7) is 6.32. The maximum Gasteiger partial charge on any atom is 0.252 e. The predicted molar refractivity (Wildman–Crippen MR) is 93.1 cm³/mol. The first-order chi connectivity index (χ1) is 11.1. The summed E-state index contributed by atoms with van der Waals surface area (Å²) < 4.78 is 1.96. The van der Waals surface area contributed by atoms with Crippen molar-refractivity contribution >= 4 is 17.5 Å². The molecule has 0 saturated carbocycles. The molecule has 5 nitrogen and oxygen atoms in total. The van der Waals surface area contributed by atoms with Crippen molar-refractivity contribution in [2.75, 3.05) is 0 Å². The quantitative estimate of drug-likeness (QED) is 0.730. The molecule has 1 N–H and O–H groups in total. The maximum atomic E-state index is 11.7. The fourth-order valence-corrected chi connectivity index (χ4v) is 3.63. The van der Waals surface area contributed by atoms with Gasteiger partial charge < -0.3 is 0 Å². The third-order valence-corrected chi connectivity index (χ3v) is 4.80. The third-order valence-electron chi connectivity index (χ3n) is 3.82. The Balaban J connectivity index is 1.94. The molecule has 0 aliphatic carbocycles. The largest absolute Gasteiger partial charge is 0.291 e. The van der Waals surface area contributed by atoms with Gasteiger partial charge in [0.2, 0.25) is 5.78 Å². The van der Waals surface area contributed by atoms with E-state index in [2.05, 4.69) is 54.2 Å². The van der Waals surface area contributed by atoms with Crippen molar-refractivity contribution in [3.8, 4) is 0 Å². The number of aromatic amines is 1. The molecule has 0 spiro atoms. The number of fused-ring (bicyclic) bond motifs is 1. The minimum Gasteiger partial charge on any atom is -0.291 e. The Bertz CT molecular complexity index is 897. The molecule has 3 rings (SSSR count). The number of nitrogens with zero attached hydrogens (tertiary/aromatic N) is 3. The molecule has 0 aliphatic heterocycles. The molecule has 23 heavy (non-hydrogen) atoms. The van der Waals surface area contributed by atoms with Crippen molar-refractivity contribution in [2.24, 2.45) is 0 Å². The highest BCUT2D eigenvalue weighted by Crippen LogP contribution is 2.24. The van der Waals surface area contributed by atoms with Crippen molar-refractivity contribution in [3.63, 3.8) is 0 Å². The lowest BCUT2D eigenvalue weighted by atomic mass is 10.1. The van der Waals surface area contributed by atoms with Crippen molar-refractivity contribution in [1.82, 2.24) is 19.6 Å². The van der Waals surface area contributed by atoms with E-state index in [-0.39, 0.29) is 5.56 Å². The number of benzene rings is 1. The van der Waals surface area contributed by atoms with Gasteiger partial charge in [-0.1, -0.05) is 48.9 Å². The lowest BCUT2D eigenvalue weighted by Crippen LogP contribution is -2.11. The number of hydrogen-bond donors (Lipinski definition) is 1. The van der Waals surface area contributed by atoms with Crippen LogP contribution in [0, 0.1) is 13.8 Å². The third kappa shape index (κ3) is 3.32. The van der Waals surface area contributed by atoms with Gasteiger partial charge in [0.25, 0.3) is 5.56 Å². The van der Waals surface area contributed by atoms with Gasteiger partial charge in [0, 0.05) is 17.5 Å². The second-order valence-electron chi connectivity index (χ2n) is 5.74. The molecule has 6 heteroatoms. The first kappa shape index (κ1) is 15.8. The van der Waals surface area contributed by atoms with E-state index in [9.17, 15) is 4.79 Å². The molecule has 120 valence electrons. The van der Waals surface area contributed by atoms with Gasteiger partial charge in [-0.3, -0.25) is 14.2 Å². The van der Waals surface area contributed by atoms with Crippen LogP contribution in [-0.2, 0) is 12.2 Å². The van der Waals surface area contributed by atoms with E-state index in [0.717, 1.165) is 29.4 Å². The molecule has 2 aromatic heterocycles. The lowest BCUT2D eigenvalue weighted by Gasteiger charge is -2.08. The molecule has 0 amide bonds. The van der Waals surface area contributed by atoms with Crippen LogP contribution in [0.15, 0.2) is 34.2 Å². The van der Waals surface area contributed by atoms with Gasteiger partial charge in [-0.2, -0.15) is 0 Å². The lowest BCUT2D eigenvalue weighted by molar-refractivity contribution is 0.800. The number of aryl methyl sites for hydroxylation is 3. The molecule has 0 unspecified atom stereocenters. The SMILES string of the molecule is CCCc1cc(=O)[nH]c2nnc(SCc3cc(C)ccc3C)n12. The maximum absolute atomic E-state index is 11.7. The van der Waals surface area contributed by atoms with Crippen LogP contribution in [-0.4, -0.2) is 19.6 Å². The van der Waals surface area contributed by atoms with Crippen molar-refractivity contribution < 1.29 is 0 Å². The van der Waals surface area contributed by atoms with Crippen molar-refractivity contribution in [2.45, 2.75) is 44.5 Å². The summed E-state index contributed by atoms with van der Waals surface area (Å²) in [5.41, 5.74) is 4.67. The normalized spacial score (nSPS) is 11.3. The fraction of sp³-hybridized carbons (Fsp3) is 0.353. The van der Waals surface area contributed by atoms with E-state index < -0.39 is 0 Å². The second-order valence-corrected chi connectivity index (χ2v) is 6.68. The second kappa shape index (κ2) is 6.58. The Morgan fingerprint density at radius 3 is 2.83 bits per heavy atom. The average Bonchev–Trinajstić information content (AvgIpc) is 2.91. The zero-order chi connectivity index (χ0) is 16.4. The van der Waals surface area contributed by atoms with Crippen LogP contribution in [0.4, 0.5) is 0 Å². The zero-order valence-corrected chi connectivity index (χ0v) is 14.4. The summed E-state index contributed by atoms with van der Waals surface area (Å²) >= 11 is 1.65. The molecule has 0 radical (unpaired) electrons. The highest BCUT2D eigenvalue weighted by molar-refractivity contribution is 7.98. The summed E-state index contributed by atoms with van der Waals surface area (Å²) in [4.78, 5) is 14.5. The Morgan fingerprint density at radius 1 is 1.22 bits per heavy atom. The van der Waals surface area contributed by atoms with Gasteiger partial charge in [0.05, 0.1) is 0 Å². The molecule has 1 aromatic carbocycles. The Labute approximate surface area is 139 Å². The Kier molecular flexibility index (Phi) is 4.52. The summed E-state index contributed by atoms with van der Waals surface area (Å²) in [7, 11) is 0. The molecule has 3 aromatic rings. The van der Waals surface area contributed by atoms with Crippen molar-refractivity contribution in [3.05, 3.63) is 57.0 Å². The van der Waals surface area contributed by atoms with E-state index in [4.69, 9.17) is 0 Å². The topological polar surface area (TPSA) is 63.0 Å². The number of H-pyrrole nitrogens is 1. The molecule has 0 bridgehead atoms. The molecule has 0 aliphatic rings. The van der Waals surface area contributed by atoms with Gasteiger partial charge in [0.15, 0.2) is 5.16 Å². The summed E-state index contributed by atoms with van der Waals surface area (Å²) in [6, 6.07) is 8.12. The molecular formula is C17H20N4OS. The molecule has 0 atom stereocenters. The van der Waals surface area contributed by atoms with Gasteiger partial charge >= 0.3 is 0 Å². The van der Waals surface area contributed by atoms with Crippen molar-refractivity contribution in [1.29, 1.82) is 0 Å². The number of nitrogens with one attached hydrogen (secondary N) is 1.